The molecule has 0 saturated carbocycles. The molecule has 0 spiro atoms. The molecule has 1 heterocycles. The molecule has 2 N–H and O–H groups in total. The highest BCUT2D eigenvalue weighted by Gasteiger charge is 2.22. The summed E-state index contributed by atoms with van der Waals surface area (Å²) in [4.78, 5) is 11.9. The van der Waals surface area contributed by atoms with Gasteiger partial charge in [0.25, 0.3) is 5.91 Å². The first kappa shape index (κ1) is 17.6. The molecule has 0 bridgehead atoms. The van der Waals surface area contributed by atoms with Crippen molar-refractivity contribution in [2.45, 2.75) is 19.4 Å². The Labute approximate surface area is 131 Å². The number of carbonyl (C=O) groups is 1. The Hall–Kier alpha value is -1.46. The van der Waals surface area contributed by atoms with E-state index in [1.807, 2.05) is 12.1 Å². The van der Waals surface area contributed by atoms with Crippen molar-refractivity contribution in [2.75, 3.05) is 26.8 Å². The molecule has 2 atom stereocenters. The van der Waals surface area contributed by atoms with Crippen molar-refractivity contribution in [3.8, 4) is 11.5 Å². The Morgan fingerprint density at radius 2 is 2.19 bits per heavy atom. The van der Waals surface area contributed by atoms with Crippen molar-refractivity contribution in [1.82, 2.24) is 10.6 Å². The fourth-order valence-corrected chi connectivity index (χ4v) is 2.27. The van der Waals surface area contributed by atoms with Gasteiger partial charge >= 0.3 is 0 Å². The lowest BCUT2D eigenvalue weighted by atomic mass is 9.95. The molecule has 5 nitrogen and oxygen atoms in total. The molecule has 1 aliphatic rings. The number of nitrogens with one attached hydrogen (secondary N) is 2. The summed E-state index contributed by atoms with van der Waals surface area (Å²) in [5, 5.41) is 6.30. The second-order valence-corrected chi connectivity index (χ2v) is 5.11. The molecular weight excluding hydrogens is 292 g/mol. The van der Waals surface area contributed by atoms with E-state index in [0.29, 0.717) is 17.4 Å². The molecule has 2 rings (SSSR count). The first-order valence-corrected chi connectivity index (χ1v) is 6.96. The summed E-state index contributed by atoms with van der Waals surface area (Å²) in [6.07, 6.45) is 1.09. The molecule has 1 saturated heterocycles. The fraction of sp³-hybridized carbons (Fsp3) is 0.533. The van der Waals surface area contributed by atoms with Gasteiger partial charge in [0.1, 0.15) is 11.5 Å². The summed E-state index contributed by atoms with van der Waals surface area (Å²) in [7, 11) is 1.60. The van der Waals surface area contributed by atoms with Gasteiger partial charge in [-0.3, -0.25) is 4.79 Å². The van der Waals surface area contributed by atoms with Gasteiger partial charge in [0.2, 0.25) is 0 Å². The predicted octanol–water partition coefficient (Wildman–Crippen LogP) is 1.61. The molecule has 1 aromatic rings. The first-order chi connectivity index (χ1) is 9.69. The zero-order valence-corrected chi connectivity index (χ0v) is 13.2. The van der Waals surface area contributed by atoms with E-state index < -0.39 is 0 Å². The highest BCUT2D eigenvalue weighted by Crippen LogP contribution is 2.18. The van der Waals surface area contributed by atoms with E-state index in [1.165, 1.54) is 0 Å². The third-order valence-corrected chi connectivity index (χ3v) is 3.59. The number of benzene rings is 1. The van der Waals surface area contributed by atoms with Crippen LogP contribution in [-0.2, 0) is 4.79 Å². The van der Waals surface area contributed by atoms with Crippen molar-refractivity contribution in [2.24, 2.45) is 5.92 Å². The second kappa shape index (κ2) is 8.74. The zero-order chi connectivity index (χ0) is 14.4. The Morgan fingerprint density at radius 3 is 2.90 bits per heavy atom. The number of amides is 1. The van der Waals surface area contributed by atoms with Gasteiger partial charge < -0.3 is 20.1 Å². The van der Waals surface area contributed by atoms with Gasteiger partial charge in [0.15, 0.2) is 6.61 Å². The molecule has 1 fully saturated rings. The van der Waals surface area contributed by atoms with Gasteiger partial charge in [0, 0.05) is 18.7 Å². The number of ether oxygens (including phenoxy) is 2. The van der Waals surface area contributed by atoms with E-state index in [1.54, 1.807) is 19.2 Å². The smallest absolute Gasteiger partial charge is 0.258 e. The van der Waals surface area contributed by atoms with Crippen LogP contribution in [0.5, 0.6) is 11.5 Å². The third kappa shape index (κ3) is 5.44. The van der Waals surface area contributed by atoms with Gasteiger partial charge in [0.05, 0.1) is 7.11 Å². The highest BCUT2D eigenvalue weighted by atomic mass is 35.5. The molecule has 1 aromatic carbocycles. The number of rotatable bonds is 5. The van der Waals surface area contributed by atoms with Gasteiger partial charge in [-0.2, -0.15) is 0 Å². The Kier molecular flexibility index (Phi) is 7.32. The summed E-state index contributed by atoms with van der Waals surface area (Å²) in [5.74, 6) is 1.76. The number of hydrogen-bond donors (Lipinski definition) is 2. The van der Waals surface area contributed by atoms with E-state index in [0.717, 1.165) is 19.5 Å². The van der Waals surface area contributed by atoms with Crippen molar-refractivity contribution >= 4 is 18.3 Å². The van der Waals surface area contributed by atoms with Crippen LogP contribution < -0.4 is 20.1 Å². The average Bonchev–Trinajstić information content (AvgIpc) is 2.48. The number of carbonyl (C=O) groups excluding carboxylic acids is 1. The van der Waals surface area contributed by atoms with Gasteiger partial charge in [-0.05, 0) is 31.0 Å². The maximum atomic E-state index is 11.9. The molecule has 2 unspecified atom stereocenters. The minimum absolute atomic E-state index is 0. The van der Waals surface area contributed by atoms with Gasteiger partial charge in [-0.25, -0.2) is 0 Å². The third-order valence-electron chi connectivity index (χ3n) is 3.59. The topological polar surface area (TPSA) is 59.6 Å². The quantitative estimate of drug-likeness (QED) is 0.867. The molecule has 0 aliphatic carbocycles. The van der Waals surface area contributed by atoms with Crippen LogP contribution in [0.2, 0.25) is 0 Å². The highest BCUT2D eigenvalue weighted by molar-refractivity contribution is 5.85. The lowest BCUT2D eigenvalue weighted by Crippen LogP contribution is -2.51. The average molecular weight is 315 g/mol. The Balaban J connectivity index is 0.00000220. The lowest BCUT2D eigenvalue weighted by molar-refractivity contribution is -0.124. The van der Waals surface area contributed by atoms with Crippen molar-refractivity contribution in [3.63, 3.8) is 0 Å². The van der Waals surface area contributed by atoms with Crippen LogP contribution in [0, 0.1) is 5.92 Å². The van der Waals surface area contributed by atoms with Crippen LogP contribution in [0.1, 0.15) is 13.3 Å². The normalized spacial score (nSPS) is 21.0. The molecule has 6 heteroatoms. The fourth-order valence-electron chi connectivity index (χ4n) is 2.27. The van der Waals surface area contributed by atoms with Crippen LogP contribution in [0.15, 0.2) is 24.3 Å². The van der Waals surface area contributed by atoms with E-state index in [4.69, 9.17) is 9.47 Å². The molecule has 1 amide bonds. The summed E-state index contributed by atoms with van der Waals surface area (Å²) in [5.41, 5.74) is 0. The molecular formula is C15H23ClN2O3. The number of methoxy groups -OCH3 is 1. The summed E-state index contributed by atoms with van der Waals surface area (Å²) in [6, 6.07) is 7.42. The summed E-state index contributed by atoms with van der Waals surface area (Å²) >= 11 is 0. The number of hydrogen-bond acceptors (Lipinski definition) is 4. The van der Waals surface area contributed by atoms with Crippen LogP contribution in [-0.4, -0.2) is 38.8 Å². The zero-order valence-electron chi connectivity index (χ0n) is 12.4. The van der Waals surface area contributed by atoms with Gasteiger partial charge in [-0.1, -0.05) is 13.0 Å². The van der Waals surface area contributed by atoms with E-state index in [2.05, 4.69) is 17.6 Å². The SMILES string of the molecule is COc1cccc(OCC(=O)NC2CNCCC2C)c1.Cl. The standard InChI is InChI=1S/C15H22N2O3.ClH/c1-11-6-7-16-9-14(11)17-15(18)10-20-13-5-3-4-12(8-13)19-2;/h3-5,8,11,14,16H,6-7,9-10H2,1-2H3,(H,17,18);1H. The molecule has 1 aliphatic heterocycles. The lowest BCUT2D eigenvalue weighted by Gasteiger charge is -2.30. The maximum absolute atomic E-state index is 11.9. The minimum atomic E-state index is -0.0895. The largest absolute Gasteiger partial charge is 0.497 e. The van der Waals surface area contributed by atoms with E-state index >= 15 is 0 Å². The van der Waals surface area contributed by atoms with E-state index in [-0.39, 0.29) is 31.0 Å². The van der Waals surface area contributed by atoms with Crippen molar-refractivity contribution in [1.29, 1.82) is 0 Å². The molecule has 21 heavy (non-hydrogen) atoms. The van der Waals surface area contributed by atoms with Crippen molar-refractivity contribution in [3.05, 3.63) is 24.3 Å². The van der Waals surface area contributed by atoms with Crippen LogP contribution in [0.4, 0.5) is 0 Å². The Morgan fingerprint density at radius 1 is 1.43 bits per heavy atom. The number of halogens is 1. The predicted molar refractivity (Wildman–Crippen MR) is 84.3 cm³/mol. The monoisotopic (exact) mass is 314 g/mol. The van der Waals surface area contributed by atoms with Crippen LogP contribution in [0.25, 0.3) is 0 Å². The molecule has 0 radical (unpaired) electrons. The summed E-state index contributed by atoms with van der Waals surface area (Å²) < 4.78 is 10.6. The first-order valence-electron chi connectivity index (χ1n) is 6.96. The molecule has 0 aromatic heterocycles. The summed E-state index contributed by atoms with van der Waals surface area (Å²) in [6.45, 7) is 4.03. The van der Waals surface area contributed by atoms with Gasteiger partial charge in [-0.15, -0.1) is 12.4 Å². The molecule has 118 valence electrons. The number of piperidine rings is 1. The maximum Gasteiger partial charge on any atom is 0.258 e. The Bertz CT molecular complexity index is 456. The van der Waals surface area contributed by atoms with Crippen LogP contribution >= 0.6 is 12.4 Å². The van der Waals surface area contributed by atoms with E-state index in [9.17, 15) is 4.79 Å². The minimum Gasteiger partial charge on any atom is -0.497 e. The van der Waals surface area contributed by atoms with Crippen LogP contribution in [0.3, 0.4) is 0 Å². The second-order valence-electron chi connectivity index (χ2n) is 5.11. The van der Waals surface area contributed by atoms with Crippen molar-refractivity contribution < 1.29 is 14.3 Å².